The summed E-state index contributed by atoms with van der Waals surface area (Å²) in [6, 6.07) is 84.6. The Balaban J connectivity index is 0.938. The van der Waals surface area contributed by atoms with Gasteiger partial charge in [-0.05, 0) is 166 Å². The first kappa shape index (κ1) is 45.4. The molecule has 0 spiro atoms. The van der Waals surface area contributed by atoms with E-state index in [1.54, 1.807) is 0 Å². The molecule has 4 heterocycles. The van der Waals surface area contributed by atoms with Crippen LogP contribution in [0.2, 0.25) is 0 Å². The van der Waals surface area contributed by atoms with Crippen LogP contribution in [-0.4, -0.2) is 4.40 Å². The van der Waals surface area contributed by atoms with E-state index in [9.17, 15) is 0 Å². The molecule has 0 N–H and O–H groups in total. The summed E-state index contributed by atoms with van der Waals surface area (Å²) in [7, 11) is 0. The summed E-state index contributed by atoms with van der Waals surface area (Å²) in [4.78, 5) is 4.75. The summed E-state index contributed by atoms with van der Waals surface area (Å²) in [5.74, 6) is 0. The molecule has 0 saturated heterocycles. The molecule has 5 nitrogen and oxygen atoms in total. The third-order valence-electron chi connectivity index (χ3n) is 16.8. The van der Waals surface area contributed by atoms with E-state index < -0.39 is 0 Å². The average Bonchev–Trinajstić information content (AvgIpc) is 4.43. The van der Waals surface area contributed by atoms with Crippen LogP contribution in [0.25, 0.3) is 115 Å². The molecule has 4 aromatic heterocycles. The fourth-order valence-corrected chi connectivity index (χ4v) is 12.9. The summed E-state index contributed by atoms with van der Waals surface area (Å²) in [5, 5.41) is 14.1. The monoisotopic (exact) mass is 1020 g/mol. The van der Waals surface area contributed by atoms with Crippen molar-refractivity contribution in [1.29, 1.82) is 0 Å². The van der Waals surface area contributed by atoms with Crippen LogP contribution >= 0.6 is 0 Å². The van der Waals surface area contributed by atoms with E-state index in [0.717, 1.165) is 88.8 Å². The highest BCUT2D eigenvalue weighted by Crippen LogP contribution is 2.49. The zero-order valence-corrected chi connectivity index (χ0v) is 44.6. The van der Waals surface area contributed by atoms with Crippen molar-refractivity contribution in [2.45, 2.75) is 40.0 Å². The van der Waals surface area contributed by atoms with Crippen molar-refractivity contribution >= 4 is 138 Å². The number of fused-ring (bicyclic) bond motifs is 14. The van der Waals surface area contributed by atoms with Gasteiger partial charge in [0.2, 0.25) is 0 Å². The Bertz CT molecular complexity index is 4870. The van der Waals surface area contributed by atoms with E-state index in [1.807, 2.05) is 12.1 Å². The molecule has 0 amide bonds. The zero-order chi connectivity index (χ0) is 52.8. The summed E-state index contributed by atoms with van der Waals surface area (Å²) < 4.78 is 16.0. The molecular formula is C74H53N3O2. The van der Waals surface area contributed by atoms with Crippen LogP contribution < -0.4 is 9.80 Å². The van der Waals surface area contributed by atoms with Crippen molar-refractivity contribution < 1.29 is 8.83 Å². The molecule has 5 heteroatoms. The molecule has 0 radical (unpaired) electrons. The number of anilines is 6. The molecule has 0 aliphatic rings. The molecule has 0 atom stereocenters. The van der Waals surface area contributed by atoms with Crippen molar-refractivity contribution in [3.05, 3.63) is 247 Å². The number of aryl methyl sites for hydroxylation is 2. The molecule has 0 fully saturated rings. The second kappa shape index (κ2) is 16.8. The molecule has 16 aromatic rings. The quantitative estimate of drug-likeness (QED) is 0.159. The van der Waals surface area contributed by atoms with Crippen LogP contribution in [0, 0.1) is 13.8 Å². The second-order valence-electron chi connectivity index (χ2n) is 22.6. The minimum absolute atomic E-state index is 0.0558. The van der Waals surface area contributed by atoms with Crippen molar-refractivity contribution in [3.8, 4) is 11.1 Å². The maximum Gasteiger partial charge on any atom is 0.159 e. The van der Waals surface area contributed by atoms with E-state index >= 15 is 0 Å². The fourth-order valence-electron chi connectivity index (χ4n) is 12.9. The Morgan fingerprint density at radius 1 is 0.342 bits per heavy atom. The molecule has 0 bridgehead atoms. The Kier molecular flexibility index (Phi) is 9.66. The number of furan rings is 2. The molecule has 16 rings (SSSR count). The molecule has 0 unspecified atom stereocenters. The predicted octanol–water partition coefficient (Wildman–Crippen LogP) is 21.5. The van der Waals surface area contributed by atoms with Gasteiger partial charge in [-0.1, -0.05) is 154 Å². The van der Waals surface area contributed by atoms with Crippen LogP contribution in [0.3, 0.4) is 0 Å². The Morgan fingerprint density at radius 2 is 0.785 bits per heavy atom. The van der Waals surface area contributed by atoms with E-state index in [4.69, 9.17) is 8.83 Å². The van der Waals surface area contributed by atoms with Gasteiger partial charge in [0.25, 0.3) is 0 Å². The number of aromatic nitrogens is 1. The lowest BCUT2D eigenvalue weighted by Gasteiger charge is -2.27. The number of rotatable bonds is 7. The Morgan fingerprint density at radius 3 is 1.27 bits per heavy atom. The van der Waals surface area contributed by atoms with Gasteiger partial charge < -0.3 is 23.0 Å². The van der Waals surface area contributed by atoms with Gasteiger partial charge in [0.1, 0.15) is 11.2 Å². The minimum Gasteiger partial charge on any atom is -0.454 e. The first-order chi connectivity index (χ1) is 38.6. The van der Waals surface area contributed by atoms with Gasteiger partial charge in [0.15, 0.2) is 11.2 Å². The van der Waals surface area contributed by atoms with Crippen LogP contribution in [0.15, 0.2) is 239 Å². The molecule has 12 aromatic carbocycles. The van der Waals surface area contributed by atoms with Gasteiger partial charge in [-0.15, -0.1) is 0 Å². The lowest BCUT2D eigenvalue weighted by molar-refractivity contribution is 0.590. The Labute approximate surface area is 456 Å². The second-order valence-corrected chi connectivity index (χ2v) is 22.6. The molecule has 79 heavy (non-hydrogen) atoms. The molecule has 376 valence electrons. The van der Waals surface area contributed by atoms with Gasteiger partial charge in [-0.2, -0.15) is 0 Å². The average molecular weight is 1020 g/mol. The maximum atomic E-state index is 6.74. The summed E-state index contributed by atoms with van der Waals surface area (Å²) >= 11 is 0. The first-order valence-corrected chi connectivity index (χ1v) is 27.4. The number of hydrogen-bond donors (Lipinski definition) is 0. The maximum absolute atomic E-state index is 6.74. The smallest absolute Gasteiger partial charge is 0.159 e. The largest absolute Gasteiger partial charge is 0.454 e. The number of benzene rings is 12. The van der Waals surface area contributed by atoms with E-state index in [2.05, 4.69) is 267 Å². The van der Waals surface area contributed by atoms with Gasteiger partial charge >= 0.3 is 0 Å². The molecule has 0 aliphatic heterocycles. The molecular weight excluding hydrogens is 963 g/mol. The van der Waals surface area contributed by atoms with Crippen LogP contribution in [0.5, 0.6) is 0 Å². The van der Waals surface area contributed by atoms with Gasteiger partial charge in [-0.25, -0.2) is 0 Å². The van der Waals surface area contributed by atoms with Gasteiger partial charge in [-0.3, -0.25) is 0 Å². The predicted molar refractivity (Wildman–Crippen MR) is 334 cm³/mol. The van der Waals surface area contributed by atoms with Crippen LogP contribution in [0.4, 0.5) is 34.1 Å². The van der Waals surface area contributed by atoms with E-state index in [1.165, 1.54) is 76.7 Å². The lowest BCUT2D eigenvalue weighted by atomic mass is 9.86. The topological polar surface area (TPSA) is 37.2 Å². The third kappa shape index (κ3) is 6.89. The highest BCUT2D eigenvalue weighted by Gasteiger charge is 2.26. The SMILES string of the molecule is Cc1ccccc1N(c1ccc2cc3c4cc(-c5ccc(C(C)(C)C)cc5)cc5c6cc7ccc(N(c8ccccc8C)c8cccc9c8oc8ccccc89)cc7cc6n(c3cc2c1)c45)c1cccc2c1oc1ccccc12. The van der Waals surface area contributed by atoms with Crippen LogP contribution in [0.1, 0.15) is 37.5 Å². The first-order valence-electron chi connectivity index (χ1n) is 27.4. The van der Waals surface area contributed by atoms with Gasteiger partial charge in [0, 0.05) is 65.8 Å². The van der Waals surface area contributed by atoms with E-state index in [0.29, 0.717) is 0 Å². The van der Waals surface area contributed by atoms with Crippen molar-refractivity contribution in [2.24, 2.45) is 0 Å². The molecule has 0 saturated carbocycles. The lowest BCUT2D eigenvalue weighted by Crippen LogP contribution is -2.11. The standard InChI is InChI=1S/C74H53N3O2/c1-44-16-6-10-22-63(44)75(65-24-14-20-57-55-18-8-12-26-69(55)78-72(57)65)53-34-30-47-38-59-61-40-51(46-28-32-52(33-29-46)74(3,4)5)41-62-60-39-48-31-35-54(37-50(48)43-68(60)77(71(61)62)67(59)42-49(47)36-53)76(64-23-11-7-17-45(64)2)66-25-15-21-58-56-19-9-13-27-70(56)79-73(58)66/h6-43H,1-5H3. The van der Waals surface area contributed by atoms with Crippen molar-refractivity contribution in [3.63, 3.8) is 0 Å². The van der Waals surface area contributed by atoms with Crippen molar-refractivity contribution in [2.75, 3.05) is 9.80 Å². The minimum atomic E-state index is 0.0558. The van der Waals surface area contributed by atoms with E-state index in [-0.39, 0.29) is 5.41 Å². The Hall–Kier alpha value is -9.84. The molecule has 0 aliphatic carbocycles. The number of hydrogen-bond acceptors (Lipinski definition) is 4. The highest BCUT2D eigenvalue weighted by atomic mass is 16.3. The number of para-hydroxylation sites is 6. The fraction of sp³-hybridized carbons (Fsp3) is 0.0811. The number of nitrogens with zero attached hydrogens (tertiary/aromatic N) is 3. The zero-order valence-electron chi connectivity index (χ0n) is 44.6. The normalized spacial score (nSPS) is 12.4. The van der Waals surface area contributed by atoms with Crippen LogP contribution in [-0.2, 0) is 5.41 Å². The third-order valence-corrected chi connectivity index (χ3v) is 16.8. The summed E-state index contributed by atoms with van der Waals surface area (Å²) in [5.41, 5.74) is 19.6. The van der Waals surface area contributed by atoms with Crippen molar-refractivity contribution in [1.82, 2.24) is 4.40 Å². The summed E-state index contributed by atoms with van der Waals surface area (Å²) in [6.07, 6.45) is 0. The highest BCUT2D eigenvalue weighted by molar-refractivity contribution is 6.27. The van der Waals surface area contributed by atoms with Gasteiger partial charge in [0.05, 0.1) is 27.9 Å². The summed E-state index contributed by atoms with van der Waals surface area (Å²) in [6.45, 7) is 11.2.